The maximum atomic E-state index is 5.29. The summed E-state index contributed by atoms with van der Waals surface area (Å²) in [5, 5.41) is 0.896. The molecule has 0 fully saturated rings. The zero-order valence-electron chi connectivity index (χ0n) is 9.92. The molecule has 92 valence electrons. The van der Waals surface area contributed by atoms with Gasteiger partial charge in [-0.15, -0.1) is 0 Å². The highest BCUT2D eigenvalue weighted by atomic mass is 32.1. The van der Waals surface area contributed by atoms with E-state index >= 15 is 0 Å². The number of anilines is 1. The fourth-order valence-electron chi connectivity index (χ4n) is 1.40. The Hall–Kier alpha value is -1.40. The Morgan fingerprint density at radius 2 is 2.41 bits per heavy atom. The summed E-state index contributed by atoms with van der Waals surface area (Å²) in [4.78, 5) is 6.46. The molecule has 0 bridgehead atoms. The van der Waals surface area contributed by atoms with Gasteiger partial charge in [-0.3, -0.25) is 0 Å². The normalized spacial score (nSPS) is 10.7. The van der Waals surface area contributed by atoms with Gasteiger partial charge in [0.2, 0.25) is 5.13 Å². The number of furan rings is 1. The second kappa shape index (κ2) is 5.79. The molecule has 0 aromatic carbocycles. The highest BCUT2D eigenvalue weighted by molar-refractivity contribution is 7.09. The first-order valence-corrected chi connectivity index (χ1v) is 6.12. The number of hydrogen-bond acceptors (Lipinski definition) is 6. The van der Waals surface area contributed by atoms with Crippen LogP contribution >= 0.6 is 11.5 Å². The maximum absolute atomic E-state index is 5.29. The van der Waals surface area contributed by atoms with E-state index in [0.717, 1.165) is 23.1 Å². The first-order valence-electron chi connectivity index (χ1n) is 5.34. The molecule has 0 saturated carbocycles. The third kappa shape index (κ3) is 3.28. The standard InChI is InChI=1S/C11H15N3O2S/c1-14(8-9-4-3-6-16-9)11-12-10(13-17-11)5-7-15-2/h3-4,6H,5,7-8H2,1-2H3. The number of nitrogens with zero attached hydrogens (tertiary/aromatic N) is 3. The monoisotopic (exact) mass is 253 g/mol. The molecule has 6 heteroatoms. The van der Waals surface area contributed by atoms with E-state index in [-0.39, 0.29) is 0 Å². The van der Waals surface area contributed by atoms with Crippen molar-refractivity contribution in [2.24, 2.45) is 0 Å². The Kier molecular flexibility index (Phi) is 4.11. The van der Waals surface area contributed by atoms with Crippen molar-refractivity contribution < 1.29 is 9.15 Å². The van der Waals surface area contributed by atoms with Crippen LogP contribution in [-0.2, 0) is 17.7 Å². The first kappa shape index (κ1) is 12.1. The third-order valence-electron chi connectivity index (χ3n) is 2.29. The number of hydrogen-bond donors (Lipinski definition) is 0. The molecule has 2 aromatic rings. The number of methoxy groups -OCH3 is 1. The molecule has 0 saturated heterocycles. The molecule has 0 aliphatic heterocycles. The Balaban J connectivity index is 1.94. The molecule has 0 atom stereocenters. The lowest BCUT2D eigenvalue weighted by molar-refractivity contribution is 0.201. The molecule has 5 nitrogen and oxygen atoms in total. The van der Waals surface area contributed by atoms with Gasteiger partial charge in [0.1, 0.15) is 11.6 Å². The van der Waals surface area contributed by atoms with Crippen LogP contribution in [-0.4, -0.2) is 30.1 Å². The minimum atomic E-state index is 0.651. The van der Waals surface area contributed by atoms with Crippen LogP contribution in [0.3, 0.4) is 0 Å². The molecule has 2 aromatic heterocycles. The molecule has 2 heterocycles. The zero-order valence-corrected chi connectivity index (χ0v) is 10.7. The van der Waals surface area contributed by atoms with Gasteiger partial charge in [-0.05, 0) is 12.1 Å². The Morgan fingerprint density at radius 3 is 3.12 bits per heavy atom. The van der Waals surface area contributed by atoms with Crippen molar-refractivity contribution in [1.29, 1.82) is 0 Å². The molecule has 0 amide bonds. The van der Waals surface area contributed by atoms with Crippen molar-refractivity contribution in [3.05, 3.63) is 30.0 Å². The molecular formula is C11H15N3O2S. The Morgan fingerprint density at radius 1 is 1.53 bits per heavy atom. The molecule has 0 spiro atoms. The van der Waals surface area contributed by atoms with Gasteiger partial charge in [0, 0.05) is 32.1 Å². The molecule has 17 heavy (non-hydrogen) atoms. The average molecular weight is 253 g/mol. The van der Waals surface area contributed by atoms with Crippen LogP contribution in [0.1, 0.15) is 11.6 Å². The van der Waals surface area contributed by atoms with Gasteiger partial charge in [-0.2, -0.15) is 4.37 Å². The predicted octanol–water partition coefficient (Wildman–Crippen LogP) is 1.96. The van der Waals surface area contributed by atoms with E-state index in [0.29, 0.717) is 13.2 Å². The minimum Gasteiger partial charge on any atom is -0.467 e. The minimum absolute atomic E-state index is 0.651. The smallest absolute Gasteiger partial charge is 0.205 e. The fourth-order valence-corrected chi connectivity index (χ4v) is 2.07. The van der Waals surface area contributed by atoms with Crippen LogP contribution in [0.4, 0.5) is 5.13 Å². The second-order valence-corrected chi connectivity index (χ2v) is 4.40. The molecule has 0 aliphatic carbocycles. The molecule has 0 unspecified atom stereocenters. The Labute approximate surface area is 104 Å². The van der Waals surface area contributed by atoms with Gasteiger partial charge in [0.25, 0.3) is 0 Å². The van der Waals surface area contributed by atoms with Crippen LogP contribution < -0.4 is 4.90 Å². The van der Waals surface area contributed by atoms with Crippen LogP contribution in [0.5, 0.6) is 0 Å². The van der Waals surface area contributed by atoms with Crippen LogP contribution in [0.25, 0.3) is 0 Å². The summed E-state index contributed by atoms with van der Waals surface area (Å²) in [6.45, 7) is 1.35. The van der Waals surface area contributed by atoms with Crippen molar-refractivity contribution in [2.75, 3.05) is 25.7 Å². The van der Waals surface area contributed by atoms with Crippen LogP contribution in [0, 0.1) is 0 Å². The van der Waals surface area contributed by atoms with Gasteiger partial charge in [-0.1, -0.05) is 0 Å². The summed E-state index contributed by atoms with van der Waals surface area (Å²) in [6.07, 6.45) is 2.43. The highest BCUT2D eigenvalue weighted by Crippen LogP contribution is 2.18. The van der Waals surface area contributed by atoms with Gasteiger partial charge in [0.05, 0.1) is 19.4 Å². The van der Waals surface area contributed by atoms with Crippen molar-refractivity contribution in [3.8, 4) is 0 Å². The van der Waals surface area contributed by atoms with Crippen molar-refractivity contribution in [2.45, 2.75) is 13.0 Å². The quantitative estimate of drug-likeness (QED) is 0.787. The van der Waals surface area contributed by atoms with Crippen molar-refractivity contribution in [1.82, 2.24) is 9.36 Å². The molecular weight excluding hydrogens is 238 g/mol. The van der Waals surface area contributed by atoms with Crippen LogP contribution in [0.2, 0.25) is 0 Å². The summed E-state index contributed by atoms with van der Waals surface area (Å²) in [7, 11) is 3.65. The SMILES string of the molecule is COCCc1nsc(N(C)Cc2ccco2)n1. The number of ether oxygens (including phenoxy) is 1. The summed E-state index contributed by atoms with van der Waals surface area (Å²) in [5.74, 6) is 1.75. The lowest BCUT2D eigenvalue weighted by Gasteiger charge is -2.12. The number of aromatic nitrogens is 2. The summed E-state index contributed by atoms with van der Waals surface area (Å²) in [5.41, 5.74) is 0. The fraction of sp³-hybridized carbons (Fsp3) is 0.455. The van der Waals surface area contributed by atoms with E-state index in [2.05, 4.69) is 9.36 Å². The van der Waals surface area contributed by atoms with Gasteiger partial charge in [-0.25, -0.2) is 4.98 Å². The van der Waals surface area contributed by atoms with Crippen molar-refractivity contribution >= 4 is 16.7 Å². The summed E-state index contributed by atoms with van der Waals surface area (Å²) in [6, 6.07) is 3.83. The topological polar surface area (TPSA) is 51.4 Å². The van der Waals surface area contributed by atoms with Gasteiger partial charge < -0.3 is 14.1 Å². The molecule has 2 rings (SSSR count). The van der Waals surface area contributed by atoms with E-state index in [1.807, 2.05) is 24.1 Å². The second-order valence-electron chi connectivity index (χ2n) is 3.67. The average Bonchev–Trinajstić information content (AvgIpc) is 2.96. The van der Waals surface area contributed by atoms with Gasteiger partial charge >= 0.3 is 0 Å². The van der Waals surface area contributed by atoms with Crippen LogP contribution in [0.15, 0.2) is 22.8 Å². The predicted molar refractivity (Wildman–Crippen MR) is 66.3 cm³/mol. The highest BCUT2D eigenvalue weighted by Gasteiger charge is 2.10. The van der Waals surface area contributed by atoms with E-state index in [9.17, 15) is 0 Å². The van der Waals surface area contributed by atoms with Gasteiger partial charge in [0.15, 0.2) is 0 Å². The lowest BCUT2D eigenvalue weighted by Crippen LogP contribution is -2.15. The molecule has 0 aliphatic rings. The summed E-state index contributed by atoms with van der Waals surface area (Å²) < 4.78 is 14.6. The third-order valence-corrected chi connectivity index (χ3v) is 3.16. The summed E-state index contributed by atoms with van der Waals surface area (Å²) >= 11 is 1.40. The van der Waals surface area contributed by atoms with E-state index < -0.39 is 0 Å². The first-order chi connectivity index (χ1) is 8.29. The lowest BCUT2D eigenvalue weighted by atomic mass is 10.4. The molecule has 0 N–H and O–H groups in total. The number of rotatable bonds is 6. The molecule has 0 radical (unpaired) electrons. The van der Waals surface area contributed by atoms with Crippen molar-refractivity contribution in [3.63, 3.8) is 0 Å². The van der Waals surface area contributed by atoms with E-state index in [1.54, 1.807) is 13.4 Å². The Bertz CT molecular complexity index is 441. The zero-order chi connectivity index (χ0) is 12.1. The van der Waals surface area contributed by atoms with E-state index in [4.69, 9.17) is 9.15 Å². The maximum Gasteiger partial charge on any atom is 0.205 e. The largest absolute Gasteiger partial charge is 0.467 e. The van der Waals surface area contributed by atoms with E-state index in [1.165, 1.54) is 11.5 Å².